The Hall–Kier alpha value is -1.16. The van der Waals surface area contributed by atoms with Gasteiger partial charge in [-0.25, -0.2) is 14.3 Å². The van der Waals surface area contributed by atoms with Gasteiger partial charge in [-0.1, -0.05) is 44.1 Å². The maximum Gasteiger partial charge on any atom is 0.351 e. The van der Waals surface area contributed by atoms with Crippen LogP contribution < -0.4 is 16.5 Å². The van der Waals surface area contributed by atoms with Gasteiger partial charge in [0.1, 0.15) is 24.1 Å². The molecule has 2 unspecified atom stereocenters. The predicted molar refractivity (Wildman–Crippen MR) is 149 cm³/mol. The van der Waals surface area contributed by atoms with E-state index in [1.54, 1.807) is 34.6 Å². The molecular formula is C22H35ClFN4O8PS2. The van der Waals surface area contributed by atoms with Gasteiger partial charge in [0.2, 0.25) is 0 Å². The molecule has 1 saturated heterocycles. The summed E-state index contributed by atoms with van der Waals surface area (Å²) in [6.07, 6.45) is -4.33. The van der Waals surface area contributed by atoms with Crippen LogP contribution in [0.15, 0.2) is 17.1 Å². The molecule has 0 radical (unpaired) electrons. The molecule has 2 rings (SSSR count). The van der Waals surface area contributed by atoms with E-state index < -0.39 is 59.9 Å². The minimum atomic E-state index is -3.50. The van der Waals surface area contributed by atoms with Gasteiger partial charge in [-0.05, 0) is 38.6 Å². The van der Waals surface area contributed by atoms with Gasteiger partial charge in [0.25, 0.3) is 11.8 Å². The van der Waals surface area contributed by atoms with E-state index in [1.807, 2.05) is 0 Å². The fraction of sp³-hybridized carbons (Fsp3) is 0.727. The summed E-state index contributed by atoms with van der Waals surface area (Å²) in [6, 6.07) is 0.294. The number of nitrogen functional groups attached to an aromatic ring is 1. The van der Waals surface area contributed by atoms with Crippen molar-refractivity contribution in [2.75, 3.05) is 24.7 Å². The van der Waals surface area contributed by atoms with Crippen LogP contribution in [0.2, 0.25) is 0 Å². The lowest BCUT2D eigenvalue weighted by Gasteiger charge is -2.28. The third kappa shape index (κ3) is 9.44. The van der Waals surface area contributed by atoms with Crippen molar-refractivity contribution in [3.05, 3.63) is 22.7 Å². The van der Waals surface area contributed by atoms with Gasteiger partial charge >= 0.3 is 11.7 Å². The summed E-state index contributed by atoms with van der Waals surface area (Å²) in [5.74, 6) is -0.457. The van der Waals surface area contributed by atoms with E-state index in [2.05, 4.69) is 10.1 Å². The van der Waals surface area contributed by atoms with Crippen molar-refractivity contribution < 1.29 is 37.6 Å². The minimum absolute atomic E-state index is 0.0194. The quantitative estimate of drug-likeness (QED) is 0.133. The highest BCUT2D eigenvalue weighted by Crippen LogP contribution is 2.48. The first-order chi connectivity index (χ1) is 17.9. The normalized spacial score (nSPS) is 25.8. The number of anilines is 1. The molecule has 39 heavy (non-hydrogen) atoms. The van der Waals surface area contributed by atoms with Crippen LogP contribution in [0, 0.1) is 5.41 Å². The lowest BCUT2D eigenvalue weighted by atomic mass is 10.00. The van der Waals surface area contributed by atoms with Crippen molar-refractivity contribution in [3.8, 4) is 0 Å². The van der Waals surface area contributed by atoms with Gasteiger partial charge in [0.15, 0.2) is 11.3 Å². The second kappa shape index (κ2) is 13.7. The predicted octanol–water partition coefficient (Wildman–Crippen LogP) is 2.48. The van der Waals surface area contributed by atoms with E-state index in [0.29, 0.717) is 0 Å². The molecule has 0 saturated carbocycles. The Balaban J connectivity index is 2.16. The van der Waals surface area contributed by atoms with Gasteiger partial charge in [0.05, 0.1) is 19.3 Å². The Labute approximate surface area is 240 Å². The van der Waals surface area contributed by atoms with Gasteiger partial charge in [-0.2, -0.15) is 4.98 Å². The summed E-state index contributed by atoms with van der Waals surface area (Å²) >= 11 is 12.6. The molecule has 6 atom stereocenters. The molecule has 1 aromatic heterocycles. The van der Waals surface area contributed by atoms with Gasteiger partial charge in [-0.3, -0.25) is 14.2 Å². The highest BCUT2D eigenvalue weighted by molar-refractivity contribution is 8.13. The number of nitrogens with zero attached hydrogens (tertiary/aromatic N) is 2. The summed E-state index contributed by atoms with van der Waals surface area (Å²) in [7, 11) is 0. The number of nitrogens with two attached hydrogens (primary N) is 1. The molecule has 1 aliphatic heterocycles. The van der Waals surface area contributed by atoms with E-state index in [0.717, 1.165) is 22.5 Å². The van der Waals surface area contributed by atoms with Crippen LogP contribution >= 0.6 is 30.0 Å². The molecule has 1 aliphatic rings. The first-order valence-corrected chi connectivity index (χ1v) is 16.0. The van der Waals surface area contributed by atoms with Crippen molar-refractivity contribution in [2.45, 2.75) is 77.3 Å². The van der Waals surface area contributed by atoms with Crippen LogP contribution in [0.25, 0.3) is 0 Å². The molecule has 0 aromatic carbocycles. The fourth-order valence-corrected chi connectivity index (χ4v) is 6.69. The summed E-state index contributed by atoms with van der Waals surface area (Å²) in [5.41, 5.74) is 3.99. The summed E-state index contributed by atoms with van der Waals surface area (Å²) < 4.78 is 38.3. The Morgan fingerprint density at radius 2 is 2.05 bits per heavy atom. The largest absolute Gasteiger partial charge is 0.462 e. The number of aromatic nitrogens is 2. The van der Waals surface area contributed by atoms with Crippen LogP contribution in [0.4, 0.5) is 10.2 Å². The van der Waals surface area contributed by atoms with E-state index in [4.69, 9.17) is 47.7 Å². The smallest absolute Gasteiger partial charge is 0.351 e. The van der Waals surface area contributed by atoms with Gasteiger partial charge < -0.3 is 29.4 Å². The number of halogens is 2. The number of ether oxygens (including phenoxy) is 2. The first kappa shape index (κ1) is 34.0. The number of thioether (sulfide) groups is 1. The van der Waals surface area contributed by atoms with Crippen LogP contribution in [0.1, 0.15) is 47.8 Å². The number of carbonyl (C=O) groups excluding carboxylic acids is 2. The van der Waals surface area contributed by atoms with Crippen LogP contribution in [0.5, 0.6) is 0 Å². The van der Waals surface area contributed by atoms with Crippen molar-refractivity contribution in [1.82, 2.24) is 14.6 Å². The van der Waals surface area contributed by atoms with E-state index in [1.165, 1.54) is 13.0 Å². The van der Waals surface area contributed by atoms with E-state index in [-0.39, 0.29) is 29.4 Å². The number of aliphatic hydroxyl groups is 1. The number of hydrogen-bond donors (Lipinski definition) is 3. The van der Waals surface area contributed by atoms with Crippen molar-refractivity contribution in [1.29, 1.82) is 0 Å². The maximum atomic E-state index is 15.3. The molecule has 12 nitrogen and oxygen atoms in total. The Bertz CT molecular complexity index is 1140. The van der Waals surface area contributed by atoms with E-state index in [9.17, 15) is 19.5 Å². The number of aliphatic hydroxyl groups excluding tert-OH is 1. The van der Waals surface area contributed by atoms with E-state index >= 15 is 4.39 Å². The lowest BCUT2D eigenvalue weighted by Crippen LogP contribution is -2.41. The zero-order chi connectivity index (χ0) is 29.8. The molecule has 4 N–H and O–H groups in total. The third-order valence-electron chi connectivity index (χ3n) is 5.14. The van der Waals surface area contributed by atoms with Crippen molar-refractivity contribution in [3.63, 3.8) is 0 Å². The summed E-state index contributed by atoms with van der Waals surface area (Å²) in [6.45, 7) is 6.20. The topological polar surface area (TPSA) is 164 Å². The van der Waals surface area contributed by atoms with Crippen molar-refractivity contribution in [2.24, 2.45) is 5.41 Å². The summed E-state index contributed by atoms with van der Waals surface area (Å²) in [5, 5.41) is 10.4. The van der Waals surface area contributed by atoms with Gasteiger partial charge in [0, 0.05) is 17.4 Å². The number of nitrogens with one attached hydrogen (secondary N) is 1. The molecule has 0 bridgehead atoms. The number of esters is 1. The Morgan fingerprint density at radius 1 is 1.41 bits per heavy atom. The number of alkyl halides is 2. The molecular weight excluding hydrogens is 598 g/mol. The molecule has 0 amide bonds. The average Bonchev–Trinajstić information content (AvgIpc) is 3.03. The van der Waals surface area contributed by atoms with Crippen LogP contribution in [-0.4, -0.2) is 74.2 Å². The number of hydrogen-bond acceptors (Lipinski definition) is 12. The molecule has 222 valence electrons. The minimum Gasteiger partial charge on any atom is -0.462 e. The second-order valence-electron chi connectivity index (χ2n) is 10.0. The van der Waals surface area contributed by atoms with Crippen LogP contribution in [0.3, 0.4) is 0 Å². The van der Waals surface area contributed by atoms with Gasteiger partial charge in [-0.15, -0.1) is 0 Å². The molecule has 17 heteroatoms. The lowest BCUT2D eigenvalue weighted by molar-refractivity contribution is -0.149. The third-order valence-corrected chi connectivity index (χ3v) is 9.46. The molecule has 1 aromatic rings. The fourth-order valence-electron chi connectivity index (χ4n) is 3.13. The van der Waals surface area contributed by atoms with Crippen molar-refractivity contribution >= 4 is 58.7 Å². The average molecular weight is 633 g/mol. The zero-order valence-electron chi connectivity index (χ0n) is 22.5. The Morgan fingerprint density at radius 3 is 2.62 bits per heavy atom. The monoisotopic (exact) mass is 632 g/mol. The molecule has 0 spiro atoms. The maximum absolute atomic E-state index is 15.3. The highest BCUT2D eigenvalue weighted by atomic mass is 35.5. The molecule has 1 fully saturated rings. The Kier molecular flexibility index (Phi) is 11.9. The standard InChI is InChI=1S/C22H35ClFN4O8PS2/c1-12(2)35-17(30)13(3)27-37(38,33-9-10-39-19(31)21(4,5)6)34-11-14-16(29)22(23,24)18(36-14)28-8-7-15(25)26-20(28)32/h7-8,12-14,16,18,29H,9-11H2,1-6H3,(H,27,38)(H2,25,26,32)/t13?,14-,16-,18-,22+,37?/m1/s1. The zero-order valence-corrected chi connectivity index (χ0v) is 25.7. The summed E-state index contributed by atoms with van der Waals surface area (Å²) in [4.78, 5) is 40.3. The number of carbonyl (C=O) groups is 2. The molecule has 2 heterocycles. The SMILES string of the molecule is CC(C)OC(=O)C(C)NP(=S)(OCCSC(=O)C(C)(C)C)OC[C@H]1O[C@@H](n2ccc(N)nc2=O)[C@](F)(Cl)[C@@H]1O. The highest BCUT2D eigenvalue weighted by Gasteiger charge is 2.58. The molecule has 0 aliphatic carbocycles. The first-order valence-electron chi connectivity index (χ1n) is 12.0. The number of rotatable bonds is 12. The van der Waals surface area contributed by atoms with Crippen LogP contribution in [-0.2, 0) is 39.9 Å². The second-order valence-corrected chi connectivity index (χ2v) is 14.9.